The number of carbonyl (C=O) groups is 1. The molecule has 0 radical (unpaired) electrons. The number of hydrogen-bond donors (Lipinski definition) is 0. The van der Waals surface area contributed by atoms with Crippen molar-refractivity contribution < 1.29 is 13.2 Å². The lowest BCUT2D eigenvalue weighted by molar-refractivity contribution is -0.132. The summed E-state index contributed by atoms with van der Waals surface area (Å²) in [4.78, 5) is 13.9. The lowest BCUT2D eigenvalue weighted by Gasteiger charge is -2.31. The normalized spacial score (nSPS) is 23.6. The molecule has 0 spiro atoms. The van der Waals surface area contributed by atoms with Gasteiger partial charge in [0, 0.05) is 17.9 Å². The van der Waals surface area contributed by atoms with Crippen molar-refractivity contribution in [1.82, 2.24) is 4.90 Å². The van der Waals surface area contributed by atoms with Crippen molar-refractivity contribution in [3.05, 3.63) is 0 Å². The predicted octanol–water partition coefficient (Wildman–Crippen LogP) is 1.59. The maximum atomic E-state index is 12.3. The zero-order valence-electron chi connectivity index (χ0n) is 10.4. The average Bonchev–Trinajstić information content (AvgIpc) is 2.24. The van der Waals surface area contributed by atoms with E-state index in [1.807, 2.05) is 13.8 Å². The van der Waals surface area contributed by atoms with Crippen LogP contribution >= 0.6 is 15.9 Å². The molecule has 1 unspecified atom stereocenters. The minimum Gasteiger partial charge on any atom is -0.338 e. The molecule has 1 rings (SSSR count). The molecular weight excluding hydrogens is 306 g/mol. The first kappa shape index (κ1) is 15.0. The second-order valence-corrected chi connectivity index (χ2v) is 7.76. The second-order valence-electron chi connectivity index (χ2n) is 4.67. The van der Waals surface area contributed by atoms with Gasteiger partial charge in [-0.15, -0.1) is 0 Å². The van der Waals surface area contributed by atoms with Crippen LogP contribution in [-0.2, 0) is 14.6 Å². The zero-order chi connectivity index (χ0) is 13.1. The standard InChI is InChI=1S/C11H20BrNO3S/c1-9(2)13(7-6-12)11(14)10-5-3-4-8-17(10,15)16/h9-10H,3-8H2,1-2H3. The van der Waals surface area contributed by atoms with Crippen molar-refractivity contribution in [1.29, 1.82) is 0 Å². The summed E-state index contributed by atoms with van der Waals surface area (Å²) in [5.41, 5.74) is 0. The summed E-state index contributed by atoms with van der Waals surface area (Å²) in [5.74, 6) is -0.0666. The van der Waals surface area contributed by atoms with Gasteiger partial charge in [-0.1, -0.05) is 22.4 Å². The molecule has 0 N–H and O–H groups in total. The number of carbonyl (C=O) groups excluding carboxylic acids is 1. The van der Waals surface area contributed by atoms with E-state index in [-0.39, 0.29) is 17.7 Å². The third-order valence-corrected chi connectivity index (χ3v) is 5.60. The van der Waals surface area contributed by atoms with Crippen LogP contribution in [0.5, 0.6) is 0 Å². The molecule has 1 saturated heterocycles. The van der Waals surface area contributed by atoms with Gasteiger partial charge < -0.3 is 4.90 Å². The van der Waals surface area contributed by atoms with Gasteiger partial charge >= 0.3 is 0 Å². The number of amides is 1. The van der Waals surface area contributed by atoms with Gasteiger partial charge in [-0.2, -0.15) is 0 Å². The quantitative estimate of drug-likeness (QED) is 0.737. The van der Waals surface area contributed by atoms with Crippen LogP contribution in [0.15, 0.2) is 0 Å². The Balaban J connectivity index is 2.86. The Hall–Kier alpha value is -0.100. The van der Waals surface area contributed by atoms with Crippen molar-refractivity contribution in [3.8, 4) is 0 Å². The maximum absolute atomic E-state index is 12.3. The fraction of sp³-hybridized carbons (Fsp3) is 0.909. The molecule has 0 aromatic rings. The van der Waals surface area contributed by atoms with Crippen LogP contribution in [0.2, 0.25) is 0 Å². The second kappa shape index (κ2) is 6.18. The largest absolute Gasteiger partial charge is 0.338 e. The molecule has 6 heteroatoms. The van der Waals surface area contributed by atoms with Gasteiger partial charge in [0.05, 0.1) is 5.75 Å². The molecule has 1 heterocycles. The zero-order valence-corrected chi connectivity index (χ0v) is 12.8. The minimum atomic E-state index is -3.23. The van der Waals surface area contributed by atoms with Crippen molar-refractivity contribution in [2.75, 3.05) is 17.6 Å². The molecule has 1 fully saturated rings. The maximum Gasteiger partial charge on any atom is 0.241 e. The van der Waals surface area contributed by atoms with Crippen LogP contribution < -0.4 is 0 Å². The van der Waals surface area contributed by atoms with Gasteiger partial charge in [-0.3, -0.25) is 4.79 Å². The SMILES string of the molecule is CC(C)N(CCBr)C(=O)C1CCCCS1(=O)=O. The average molecular weight is 326 g/mol. The van der Waals surface area contributed by atoms with Crippen LogP contribution in [0.3, 0.4) is 0 Å². The minimum absolute atomic E-state index is 0.0391. The van der Waals surface area contributed by atoms with Gasteiger partial charge in [0.2, 0.25) is 5.91 Å². The van der Waals surface area contributed by atoms with E-state index < -0.39 is 15.1 Å². The van der Waals surface area contributed by atoms with Crippen LogP contribution in [-0.4, -0.2) is 48.1 Å². The first-order chi connectivity index (χ1) is 7.90. The molecule has 0 bridgehead atoms. The van der Waals surface area contributed by atoms with Gasteiger partial charge in [0.25, 0.3) is 0 Å². The summed E-state index contributed by atoms with van der Waals surface area (Å²) in [6.45, 7) is 4.38. The molecule has 4 nitrogen and oxygen atoms in total. The van der Waals surface area contributed by atoms with Crippen LogP contribution in [0.4, 0.5) is 0 Å². The molecule has 100 valence electrons. The smallest absolute Gasteiger partial charge is 0.241 e. The third kappa shape index (κ3) is 3.68. The summed E-state index contributed by atoms with van der Waals surface area (Å²) in [6, 6.07) is 0.0391. The fourth-order valence-electron chi connectivity index (χ4n) is 2.13. The molecule has 17 heavy (non-hydrogen) atoms. The number of hydrogen-bond acceptors (Lipinski definition) is 3. The summed E-state index contributed by atoms with van der Waals surface area (Å²) < 4.78 is 23.8. The molecule has 0 saturated carbocycles. The monoisotopic (exact) mass is 325 g/mol. The van der Waals surface area contributed by atoms with Gasteiger partial charge in [0.1, 0.15) is 5.25 Å². The number of alkyl halides is 1. The molecule has 0 aromatic heterocycles. The highest BCUT2D eigenvalue weighted by molar-refractivity contribution is 9.09. The van der Waals surface area contributed by atoms with E-state index in [0.717, 1.165) is 6.42 Å². The highest BCUT2D eigenvalue weighted by Gasteiger charge is 2.37. The summed E-state index contributed by atoms with van der Waals surface area (Å²) in [7, 11) is -3.23. The number of sulfone groups is 1. The first-order valence-corrected chi connectivity index (χ1v) is 8.82. The molecule has 0 aliphatic carbocycles. The van der Waals surface area contributed by atoms with Gasteiger partial charge in [-0.25, -0.2) is 8.42 Å². The van der Waals surface area contributed by atoms with Crippen LogP contribution in [0, 0.1) is 0 Å². The van der Waals surface area contributed by atoms with Crippen molar-refractivity contribution in [3.63, 3.8) is 0 Å². The highest BCUT2D eigenvalue weighted by atomic mass is 79.9. The summed E-state index contributed by atoms with van der Waals surface area (Å²) in [5, 5.41) is -0.137. The van der Waals surface area contributed by atoms with Gasteiger partial charge in [-0.05, 0) is 26.7 Å². The number of nitrogens with zero attached hydrogens (tertiary/aromatic N) is 1. The van der Waals surface area contributed by atoms with E-state index in [1.165, 1.54) is 0 Å². The Morgan fingerprint density at radius 2 is 2.06 bits per heavy atom. The molecule has 1 atom stereocenters. The molecular formula is C11H20BrNO3S. The van der Waals surface area contributed by atoms with Crippen molar-refractivity contribution in [2.45, 2.75) is 44.4 Å². The fourth-order valence-corrected chi connectivity index (χ4v) is 4.37. The Morgan fingerprint density at radius 3 is 2.53 bits per heavy atom. The number of halogens is 1. The lowest BCUT2D eigenvalue weighted by Crippen LogP contribution is -2.48. The lowest BCUT2D eigenvalue weighted by atomic mass is 10.1. The topological polar surface area (TPSA) is 54.5 Å². The predicted molar refractivity (Wildman–Crippen MR) is 72.1 cm³/mol. The van der Waals surface area contributed by atoms with E-state index in [2.05, 4.69) is 15.9 Å². The summed E-state index contributed by atoms with van der Waals surface area (Å²) >= 11 is 3.30. The van der Waals surface area contributed by atoms with Crippen molar-refractivity contribution >= 4 is 31.7 Å². The van der Waals surface area contributed by atoms with E-state index in [9.17, 15) is 13.2 Å². The van der Waals surface area contributed by atoms with Crippen LogP contribution in [0.1, 0.15) is 33.1 Å². The van der Waals surface area contributed by atoms with Crippen LogP contribution in [0.25, 0.3) is 0 Å². The molecule has 1 aliphatic rings. The Bertz CT molecular complexity index is 367. The van der Waals surface area contributed by atoms with E-state index in [4.69, 9.17) is 0 Å². The first-order valence-electron chi connectivity index (χ1n) is 5.98. The Kier molecular flexibility index (Phi) is 5.44. The molecule has 1 aliphatic heterocycles. The van der Waals surface area contributed by atoms with Crippen molar-refractivity contribution in [2.24, 2.45) is 0 Å². The third-order valence-electron chi connectivity index (χ3n) is 3.09. The number of rotatable bonds is 4. The molecule has 0 aromatic carbocycles. The van der Waals surface area contributed by atoms with E-state index in [0.29, 0.717) is 24.7 Å². The Labute approximate surface area is 112 Å². The van der Waals surface area contributed by atoms with E-state index in [1.54, 1.807) is 4.90 Å². The summed E-state index contributed by atoms with van der Waals surface area (Å²) in [6.07, 6.45) is 1.99. The van der Waals surface area contributed by atoms with E-state index >= 15 is 0 Å². The highest BCUT2D eigenvalue weighted by Crippen LogP contribution is 2.22. The molecule has 1 amide bonds. The Morgan fingerprint density at radius 1 is 1.41 bits per heavy atom. The van der Waals surface area contributed by atoms with Gasteiger partial charge in [0.15, 0.2) is 9.84 Å².